The van der Waals surface area contributed by atoms with Crippen molar-refractivity contribution in [3.8, 4) is 0 Å². The lowest BCUT2D eigenvalue weighted by atomic mass is 10.0. The maximum atomic E-state index is 9.63. The van der Waals surface area contributed by atoms with E-state index in [1.165, 1.54) is 24.0 Å². The first kappa shape index (κ1) is 15.5. The van der Waals surface area contributed by atoms with E-state index in [0.29, 0.717) is 0 Å². The van der Waals surface area contributed by atoms with Gasteiger partial charge in [0.05, 0.1) is 12.6 Å². The lowest BCUT2D eigenvalue weighted by Gasteiger charge is -2.22. The Labute approximate surface area is 123 Å². The van der Waals surface area contributed by atoms with Crippen LogP contribution >= 0.6 is 0 Å². The molecule has 112 valence electrons. The molecule has 1 atom stereocenters. The second-order valence-electron chi connectivity index (χ2n) is 5.66. The first-order valence-electron chi connectivity index (χ1n) is 7.94. The Kier molecular flexibility index (Phi) is 6.02. The molecule has 20 heavy (non-hydrogen) atoms. The van der Waals surface area contributed by atoms with Crippen molar-refractivity contribution in [3.63, 3.8) is 0 Å². The zero-order chi connectivity index (χ0) is 14.4. The molecule has 0 spiro atoms. The molecule has 0 aliphatic heterocycles. The van der Waals surface area contributed by atoms with Crippen LogP contribution in [0, 0.1) is 0 Å². The number of nitrogens with zero attached hydrogens (tertiary/aromatic N) is 1. The van der Waals surface area contributed by atoms with Crippen molar-refractivity contribution in [2.45, 2.75) is 38.6 Å². The average molecular weight is 276 g/mol. The van der Waals surface area contributed by atoms with E-state index in [0.717, 1.165) is 32.1 Å². The highest BCUT2D eigenvalue weighted by Gasteiger charge is 2.24. The molecule has 2 N–H and O–H groups in total. The molecule has 0 heterocycles. The summed E-state index contributed by atoms with van der Waals surface area (Å²) < 4.78 is 0. The predicted octanol–water partition coefficient (Wildman–Crippen LogP) is 2.53. The number of hydrogen-bond acceptors (Lipinski definition) is 3. The topological polar surface area (TPSA) is 35.5 Å². The fraction of sp³-hybridized carbons (Fsp3) is 0.647. The summed E-state index contributed by atoms with van der Waals surface area (Å²) in [6.45, 7) is 8.65. The summed E-state index contributed by atoms with van der Waals surface area (Å²) in [7, 11) is 0. The van der Waals surface area contributed by atoms with Crippen LogP contribution in [0.1, 0.15) is 49.8 Å². The van der Waals surface area contributed by atoms with Crippen molar-refractivity contribution in [1.82, 2.24) is 10.2 Å². The summed E-state index contributed by atoms with van der Waals surface area (Å²) in [6, 6.07) is 8.79. The number of nitrogens with one attached hydrogen (secondary N) is 1. The fourth-order valence-corrected chi connectivity index (χ4v) is 2.67. The van der Waals surface area contributed by atoms with E-state index >= 15 is 0 Å². The zero-order valence-electron chi connectivity index (χ0n) is 12.8. The predicted molar refractivity (Wildman–Crippen MR) is 84.0 cm³/mol. The van der Waals surface area contributed by atoms with E-state index < -0.39 is 0 Å². The number of likely N-dealkylation sites (N-methyl/N-ethyl adjacent to an activating group) is 1. The van der Waals surface area contributed by atoms with Gasteiger partial charge in [-0.25, -0.2) is 0 Å². The van der Waals surface area contributed by atoms with Gasteiger partial charge in [-0.15, -0.1) is 0 Å². The van der Waals surface area contributed by atoms with Gasteiger partial charge in [0.1, 0.15) is 0 Å². The Morgan fingerprint density at radius 3 is 2.65 bits per heavy atom. The smallest absolute Gasteiger partial charge is 0.0626 e. The van der Waals surface area contributed by atoms with Crippen LogP contribution in [-0.2, 0) is 0 Å². The Morgan fingerprint density at radius 2 is 2.05 bits per heavy atom. The fourth-order valence-electron chi connectivity index (χ4n) is 2.67. The van der Waals surface area contributed by atoms with E-state index in [9.17, 15) is 5.11 Å². The summed E-state index contributed by atoms with van der Waals surface area (Å²) >= 11 is 0. The molecule has 1 fully saturated rings. The zero-order valence-corrected chi connectivity index (χ0v) is 12.8. The van der Waals surface area contributed by atoms with Gasteiger partial charge in [-0.3, -0.25) is 0 Å². The van der Waals surface area contributed by atoms with E-state index in [4.69, 9.17) is 0 Å². The van der Waals surface area contributed by atoms with Gasteiger partial charge in [0.2, 0.25) is 0 Å². The molecule has 2 rings (SSSR count). The van der Waals surface area contributed by atoms with Crippen molar-refractivity contribution < 1.29 is 5.11 Å². The normalized spacial score (nSPS) is 16.6. The Balaban J connectivity index is 1.88. The first-order chi connectivity index (χ1) is 9.78. The highest BCUT2D eigenvalue weighted by Crippen LogP contribution is 2.40. The molecule has 0 saturated heterocycles. The number of rotatable bonds is 9. The van der Waals surface area contributed by atoms with Crippen LogP contribution in [0.3, 0.4) is 0 Å². The van der Waals surface area contributed by atoms with E-state index in [1.807, 2.05) is 0 Å². The molecule has 0 aromatic heterocycles. The largest absolute Gasteiger partial charge is 0.394 e. The van der Waals surface area contributed by atoms with Gasteiger partial charge >= 0.3 is 0 Å². The van der Waals surface area contributed by atoms with Crippen molar-refractivity contribution in [2.75, 3.05) is 32.8 Å². The van der Waals surface area contributed by atoms with Crippen molar-refractivity contribution >= 4 is 0 Å². The van der Waals surface area contributed by atoms with Gasteiger partial charge in [-0.1, -0.05) is 38.1 Å². The standard InChI is InChI=1S/C17H28N2O/c1-3-19(4-2)11-10-18-17(13-20)16-7-5-6-15(12-16)14-8-9-14/h5-7,12,14,17-18,20H,3-4,8-11,13H2,1-2H3. The number of hydrogen-bond donors (Lipinski definition) is 2. The van der Waals surface area contributed by atoms with Crippen LogP contribution in [0.4, 0.5) is 0 Å². The highest BCUT2D eigenvalue weighted by molar-refractivity contribution is 5.31. The summed E-state index contributed by atoms with van der Waals surface area (Å²) in [5.41, 5.74) is 2.66. The summed E-state index contributed by atoms with van der Waals surface area (Å²) in [6.07, 6.45) is 2.64. The third kappa shape index (κ3) is 4.30. The Hall–Kier alpha value is -0.900. The molecule has 0 amide bonds. The van der Waals surface area contributed by atoms with Gasteiger partial charge in [-0.2, -0.15) is 0 Å². The number of aliphatic hydroxyl groups is 1. The van der Waals surface area contributed by atoms with Gasteiger partial charge in [0.25, 0.3) is 0 Å². The minimum atomic E-state index is 0.0595. The lowest BCUT2D eigenvalue weighted by Crippen LogP contribution is -2.34. The number of aliphatic hydroxyl groups excluding tert-OH is 1. The molecule has 1 unspecified atom stereocenters. The minimum Gasteiger partial charge on any atom is -0.394 e. The second kappa shape index (κ2) is 7.77. The maximum Gasteiger partial charge on any atom is 0.0626 e. The molecule has 1 saturated carbocycles. The van der Waals surface area contributed by atoms with E-state index in [1.54, 1.807) is 0 Å². The maximum absolute atomic E-state index is 9.63. The first-order valence-corrected chi connectivity index (χ1v) is 7.94. The second-order valence-corrected chi connectivity index (χ2v) is 5.66. The molecule has 1 aliphatic rings. The van der Waals surface area contributed by atoms with Crippen molar-refractivity contribution in [2.24, 2.45) is 0 Å². The molecule has 3 heteroatoms. The van der Waals surface area contributed by atoms with Crippen LogP contribution in [0.2, 0.25) is 0 Å². The highest BCUT2D eigenvalue weighted by atomic mass is 16.3. The third-order valence-corrected chi connectivity index (χ3v) is 4.26. The van der Waals surface area contributed by atoms with Gasteiger partial charge in [0.15, 0.2) is 0 Å². The summed E-state index contributed by atoms with van der Waals surface area (Å²) in [5.74, 6) is 0.768. The molecular weight excluding hydrogens is 248 g/mol. The Morgan fingerprint density at radius 1 is 1.30 bits per heavy atom. The van der Waals surface area contributed by atoms with E-state index in [-0.39, 0.29) is 12.6 Å². The molecule has 1 aliphatic carbocycles. The van der Waals surface area contributed by atoms with Gasteiger partial charge in [-0.05, 0) is 43.0 Å². The molecule has 1 aromatic rings. The minimum absolute atomic E-state index is 0.0595. The monoisotopic (exact) mass is 276 g/mol. The van der Waals surface area contributed by atoms with E-state index in [2.05, 4.69) is 48.3 Å². The van der Waals surface area contributed by atoms with Crippen LogP contribution in [0.15, 0.2) is 24.3 Å². The summed E-state index contributed by atoms with van der Waals surface area (Å²) in [4.78, 5) is 2.39. The molecular formula is C17H28N2O. The molecule has 3 nitrogen and oxygen atoms in total. The lowest BCUT2D eigenvalue weighted by molar-refractivity contribution is 0.233. The SMILES string of the molecule is CCN(CC)CCNC(CO)c1cccc(C2CC2)c1. The van der Waals surface area contributed by atoms with Gasteiger partial charge < -0.3 is 15.3 Å². The van der Waals surface area contributed by atoms with Crippen LogP contribution < -0.4 is 5.32 Å². The Bertz CT molecular complexity index is 400. The van der Waals surface area contributed by atoms with Crippen molar-refractivity contribution in [1.29, 1.82) is 0 Å². The van der Waals surface area contributed by atoms with Crippen LogP contribution in [0.25, 0.3) is 0 Å². The molecule has 1 aromatic carbocycles. The average Bonchev–Trinajstić information content (AvgIpc) is 3.32. The summed E-state index contributed by atoms with van der Waals surface area (Å²) in [5, 5.41) is 13.1. The van der Waals surface area contributed by atoms with Crippen LogP contribution in [-0.4, -0.2) is 42.8 Å². The third-order valence-electron chi connectivity index (χ3n) is 4.26. The quantitative estimate of drug-likeness (QED) is 0.727. The van der Waals surface area contributed by atoms with Gasteiger partial charge in [0, 0.05) is 13.1 Å². The molecule has 0 bridgehead atoms. The number of benzene rings is 1. The van der Waals surface area contributed by atoms with Crippen molar-refractivity contribution in [3.05, 3.63) is 35.4 Å². The molecule has 0 radical (unpaired) electrons. The van der Waals surface area contributed by atoms with Crippen LogP contribution in [0.5, 0.6) is 0 Å².